The molecule has 1 aliphatic rings. The van der Waals surface area contributed by atoms with Gasteiger partial charge in [0.1, 0.15) is 0 Å². The van der Waals surface area contributed by atoms with E-state index in [1.165, 1.54) is 0 Å². The number of ether oxygens (including phenoxy) is 1. The maximum absolute atomic E-state index is 12.4. The molecule has 0 saturated heterocycles. The van der Waals surface area contributed by atoms with Gasteiger partial charge in [0, 0.05) is 19.1 Å². The van der Waals surface area contributed by atoms with Crippen LogP contribution in [0.5, 0.6) is 0 Å². The van der Waals surface area contributed by atoms with Crippen molar-refractivity contribution >= 4 is 9.84 Å². The van der Waals surface area contributed by atoms with Crippen molar-refractivity contribution in [3.63, 3.8) is 0 Å². The Morgan fingerprint density at radius 3 is 2.50 bits per heavy atom. The molecule has 1 aliphatic carbocycles. The Kier molecular flexibility index (Phi) is 3.49. The summed E-state index contributed by atoms with van der Waals surface area (Å²) in [5.41, 5.74) is 6.36. The summed E-state index contributed by atoms with van der Waals surface area (Å²) in [6.45, 7) is 2.68. The van der Waals surface area contributed by atoms with Crippen LogP contribution in [-0.2, 0) is 14.6 Å². The summed E-state index contributed by atoms with van der Waals surface area (Å²) < 4.78 is 30.0. The van der Waals surface area contributed by atoms with Crippen LogP contribution in [0.1, 0.15) is 12.0 Å². The highest BCUT2D eigenvalue weighted by Gasteiger charge is 2.60. The predicted molar refractivity (Wildman–Crippen MR) is 70.1 cm³/mol. The summed E-state index contributed by atoms with van der Waals surface area (Å²) in [5, 5.41) is -0.405. The van der Waals surface area contributed by atoms with Crippen LogP contribution in [0.2, 0.25) is 0 Å². The third-order valence-electron chi connectivity index (χ3n) is 3.68. The molecule has 0 radical (unpaired) electrons. The van der Waals surface area contributed by atoms with Gasteiger partial charge in [-0.3, -0.25) is 0 Å². The molecule has 0 aliphatic heterocycles. The highest BCUT2D eigenvalue weighted by Crippen LogP contribution is 2.51. The third-order valence-corrected chi connectivity index (χ3v) is 6.02. The zero-order valence-corrected chi connectivity index (χ0v) is 11.5. The Morgan fingerprint density at radius 1 is 1.39 bits per heavy atom. The number of rotatable bonds is 5. The highest BCUT2D eigenvalue weighted by atomic mass is 32.2. The lowest BCUT2D eigenvalue weighted by atomic mass is 10.1. The van der Waals surface area contributed by atoms with Crippen molar-refractivity contribution in [3.05, 3.63) is 29.8 Å². The van der Waals surface area contributed by atoms with Crippen LogP contribution in [0.15, 0.2) is 29.2 Å². The molecular weight excluding hydrogens is 250 g/mol. The standard InChI is InChI=1S/C13H19NO3S/c1-10-3-5-11(6-4-10)18(15,16)12-7-13(12,8-14)9-17-2/h3-6,12H,7-9,14H2,1-2H3/t12-,13-/m0/s1. The normalized spacial score (nSPS) is 27.2. The van der Waals surface area contributed by atoms with Crippen molar-refractivity contribution in [1.29, 1.82) is 0 Å². The maximum Gasteiger partial charge on any atom is 0.181 e. The van der Waals surface area contributed by atoms with Crippen LogP contribution in [0, 0.1) is 12.3 Å². The average molecular weight is 269 g/mol. The first-order valence-corrected chi connectivity index (χ1v) is 7.50. The smallest absolute Gasteiger partial charge is 0.181 e. The fourth-order valence-corrected chi connectivity index (χ4v) is 4.57. The molecule has 1 aromatic rings. The first-order valence-electron chi connectivity index (χ1n) is 5.96. The monoisotopic (exact) mass is 269 g/mol. The minimum atomic E-state index is -3.28. The van der Waals surface area contributed by atoms with E-state index in [1.807, 2.05) is 19.1 Å². The molecule has 0 amide bonds. The molecule has 2 rings (SSSR count). The average Bonchev–Trinajstić information content (AvgIpc) is 3.06. The number of hydrogen-bond acceptors (Lipinski definition) is 4. The van der Waals surface area contributed by atoms with E-state index in [4.69, 9.17) is 10.5 Å². The van der Waals surface area contributed by atoms with Crippen molar-refractivity contribution in [2.45, 2.75) is 23.5 Å². The second-order valence-electron chi connectivity index (χ2n) is 5.05. The summed E-state index contributed by atoms with van der Waals surface area (Å²) >= 11 is 0. The van der Waals surface area contributed by atoms with E-state index in [0.29, 0.717) is 24.5 Å². The van der Waals surface area contributed by atoms with Crippen LogP contribution in [0.4, 0.5) is 0 Å². The number of nitrogens with two attached hydrogens (primary N) is 1. The molecular formula is C13H19NO3S. The lowest BCUT2D eigenvalue weighted by Gasteiger charge is -2.14. The van der Waals surface area contributed by atoms with Crippen LogP contribution in [0.3, 0.4) is 0 Å². The topological polar surface area (TPSA) is 69.4 Å². The number of aryl methyl sites for hydroxylation is 1. The minimum Gasteiger partial charge on any atom is -0.384 e. The molecule has 2 atom stereocenters. The van der Waals surface area contributed by atoms with Gasteiger partial charge >= 0.3 is 0 Å². The molecule has 0 bridgehead atoms. The van der Waals surface area contributed by atoms with Crippen LogP contribution in [0.25, 0.3) is 0 Å². The van der Waals surface area contributed by atoms with Gasteiger partial charge in [-0.1, -0.05) is 17.7 Å². The third kappa shape index (κ3) is 2.18. The lowest BCUT2D eigenvalue weighted by Crippen LogP contribution is -2.28. The van der Waals surface area contributed by atoms with Crippen LogP contribution < -0.4 is 5.73 Å². The first-order chi connectivity index (χ1) is 8.46. The summed E-state index contributed by atoms with van der Waals surface area (Å²) in [4.78, 5) is 0.379. The Bertz CT molecular complexity index is 524. The second kappa shape index (κ2) is 4.64. The zero-order chi connectivity index (χ0) is 13.4. The van der Waals surface area contributed by atoms with Crippen molar-refractivity contribution in [1.82, 2.24) is 0 Å². The molecule has 4 nitrogen and oxygen atoms in total. The largest absolute Gasteiger partial charge is 0.384 e. The van der Waals surface area contributed by atoms with Gasteiger partial charge in [-0.2, -0.15) is 0 Å². The van der Waals surface area contributed by atoms with Gasteiger partial charge in [0.2, 0.25) is 0 Å². The lowest BCUT2D eigenvalue weighted by molar-refractivity contribution is 0.145. The van der Waals surface area contributed by atoms with E-state index in [0.717, 1.165) is 5.56 Å². The van der Waals surface area contributed by atoms with Gasteiger partial charge in [0.05, 0.1) is 16.8 Å². The van der Waals surface area contributed by atoms with Crippen molar-refractivity contribution in [2.24, 2.45) is 11.1 Å². The second-order valence-corrected chi connectivity index (χ2v) is 7.18. The van der Waals surface area contributed by atoms with Crippen LogP contribution in [-0.4, -0.2) is 33.9 Å². The molecule has 100 valence electrons. The highest BCUT2D eigenvalue weighted by molar-refractivity contribution is 7.92. The van der Waals surface area contributed by atoms with Crippen molar-refractivity contribution in [3.8, 4) is 0 Å². The molecule has 1 fully saturated rings. The Hall–Kier alpha value is -0.910. The molecule has 0 heterocycles. The van der Waals surface area contributed by atoms with E-state index >= 15 is 0 Å². The number of sulfone groups is 1. The molecule has 18 heavy (non-hydrogen) atoms. The summed E-state index contributed by atoms with van der Waals surface area (Å²) in [5.74, 6) is 0. The Morgan fingerprint density at radius 2 is 2.00 bits per heavy atom. The zero-order valence-electron chi connectivity index (χ0n) is 10.7. The van der Waals surface area contributed by atoms with Gasteiger partial charge in [0.25, 0.3) is 0 Å². The minimum absolute atomic E-state index is 0.344. The fraction of sp³-hybridized carbons (Fsp3) is 0.538. The predicted octanol–water partition coefficient (Wildman–Crippen LogP) is 1.13. The summed E-state index contributed by atoms with van der Waals surface area (Å²) in [6, 6.07) is 6.96. The molecule has 1 aromatic carbocycles. The van der Waals surface area contributed by atoms with E-state index in [2.05, 4.69) is 0 Å². The van der Waals surface area contributed by atoms with E-state index in [-0.39, 0.29) is 0 Å². The van der Waals surface area contributed by atoms with Crippen LogP contribution >= 0.6 is 0 Å². The Balaban J connectivity index is 2.26. The van der Waals surface area contributed by atoms with Crippen molar-refractivity contribution in [2.75, 3.05) is 20.3 Å². The van der Waals surface area contributed by atoms with Gasteiger partial charge in [-0.15, -0.1) is 0 Å². The van der Waals surface area contributed by atoms with E-state index in [9.17, 15) is 8.42 Å². The quantitative estimate of drug-likeness (QED) is 0.870. The Labute approximate surface area is 108 Å². The summed E-state index contributed by atoms with van der Waals surface area (Å²) in [6.07, 6.45) is 0.591. The van der Waals surface area contributed by atoms with E-state index < -0.39 is 20.5 Å². The number of hydrogen-bond donors (Lipinski definition) is 1. The number of methoxy groups -OCH3 is 1. The SMILES string of the molecule is COC[C@@]1(CN)C[C@@H]1S(=O)(=O)c1ccc(C)cc1. The molecule has 0 unspecified atom stereocenters. The first kappa shape index (κ1) is 13.5. The van der Waals surface area contributed by atoms with Gasteiger partial charge in [-0.25, -0.2) is 8.42 Å². The molecule has 5 heteroatoms. The number of benzene rings is 1. The molecule has 0 aromatic heterocycles. The fourth-order valence-electron chi connectivity index (χ4n) is 2.35. The molecule has 1 saturated carbocycles. The maximum atomic E-state index is 12.4. The molecule has 2 N–H and O–H groups in total. The van der Waals surface area contributed by atoms with E-state index in [1.54, 1.807) is 19.2 Å². The van der Waals surface area contributed by atoms with Gasteiger partial charge in [0.15, 0.2) is 9.84 Å². The van der Waals surface area contributed by atoms with Gasteiger partial charge < -0.3 is 10.5 Å². The van der Waals surface area contributed by atoms with Gasteiger partial charge in [-0.05, 0) is 25.5 Å². The van der Waals surface area contributed by atoms with Crippen molar-refractivity contribution < 1.29 is 13.2 Å². The summed E-state index contributed by atoms with van der Waals surface area (Å²) in [7, 11) is -1.71. The molecule has 0 spiro atoms.